The van der Waals surface area contributed by atoms with Gasteiger partial charge in [-0.1, -0.05) is 24.3 Å². The van der Waals surface area contributed by atoms with Crippen LogP contribution in [0.3, 0.4) is 0 Å². The molecule has 1 aromatic carbocycles. The number of rotatable bonds is 2. The molecule has 1 fully saturated rings. The van der Waals surface area contributed by atoms with Crippen molar-refractivity contribution in [3.63, 3.8) is 0 Å². The zero-order chi connectivity index (χ0) is 13.2. The van der Waals surface area contributed by atoms with Crippen LogP contribution in [0.25, 0.3) is 11.4 Å². The number of hydrogen-bond acceptors (Lipinski definition) is 4. The first-order valence-electron chi connectivity index (χ1n) is 6.68. The van der Waals surface area contributed by atoms with E-state index in [1.165, 1.54) is 5.56 Å². The lowest BCUT2D eigenvalue weighted by Crippen LogP contribution is -2.44. The van der Waals surface area contributed by atoms with Crippen molar-refractivity contribution in [1.29, 1.82) is 0 Å². The van der Waals surface area contributed by atoms with Crippen LogP contribution in [0.5, 0.6) is 0 Å². The Bertz CT molecular complexity index is 569. The fourth-order valence-electron chi connectivity index (χ4n) is 2.43. The third-order valence-electron chi connectivity index (χ3n) is 3.54. The molecule has 0 bridgehead atoms. The molecular weight excluding hydrogens is 238 g/mol. The van der Waals surface area contributed by atoms with Crippen LogP contribution in [0.1, 0.15) is 5.56 Å². The summed E-state index contributed by atoms with van der Waals surface area (Å²) in [5.74, 6) is 1.77. The molecule has 0 spiro atoms. The Kier molecular flexibility index (Phi) is 3.21. The van der Waals surface area contributed by atoms with E-state index < -0.39 is 0 Å². The molecule has 0 aliphatic carbocycles. The first-order chi connectivity index (χ1) is 9.25. The van der Waals surface area contributed by atoms with E-state index in [0.717, 1.165) is 43.5 Å². The van der Waals surface area contributed by atoms with E-state index in [0.29, 0.717) is 0 Å². The molecule has 5 heteroatoms. The van der Waals surface area contributed by atoms with Crippen LogP contribution in [0.4, 0.5) is 5.95 Å². The molecule has 1 saturated heterocycles. The zero-order valence-corrected chi connectivity index (χ0v) is 11.4. The number of hydrogen-bond donors (Lipinski definition) is 1. The zero-order valence-electron chi connectivity index (χ0n) is 11.4. The third kappa shape index (κ3) is 2.33. The van der Waals surface area contributed by atoms with E-state index in [1.807, 2.05) is 23.9 Å². The molecule has 0 amide bonds. The van der Waals surface area contributed by atoms with Gasteiger partial charge in [0.2, 0.25) is 5.95 Å². The average molecular weight is 257 g/mol. The predicted octanol–water partition coefficient (Wildman–Crippen LogP) is 1.20. The number of benzene rings is 1. The molecule has 1 aliphatic heterocycles. The fourth-order valence-corrected chi connectivity index (χ4v) is 2.43. The summed E-state index contributed by atoms with van der Waals surface area (Å²) in [6, 6.07) is 8.29. The van der Waals surface area contributed by atoms with E-state index in [-0.39, 0.29) is 0 Å². The monoisotopic (exact) mass is 257 g/mol. The summed E-state index contributed by atoms with van der Waals surface area (Å²) in [6.07, 6.45) is 0. The van der Waals surface area contributed by atoms with Crippen LogP contribution in [0.15, 0.2) is 24.3 Å². The number of nitrogens with zero attached hydrogens (tertiary/aromatic N) is 4. The highest BCUT2D eigenvalue weighted by atomic mass is 15.4. The van der Waals surface area contributed by atoms with Crippen molar-refractivity contribution >= 4 is 5.95 Å². The SMILES string of the molecule is Cc1ccccc1-c1nc(N2CCNCC2)nn1C. The summed E-state index contributed by atoms with van der Waals surface area (Å²) in [4.78, 5) is 6.95. The molecule has 2 aromatic rings. The summed E-state index contributed by atoms with van der Waals surface area (Å²) < 4.78 is 1.87. The highest BCUT2D eigenvalue weighted by Gasteiger charge is 2.17. The molecule has 1 aliphatic rings. The maximum Gasteiger partial charge on any atom is 0.245 e. The number of nitrogens with one attached hydrogen (secondary N) is 1. The van der Waals surface area contributed by atoms with Gasteiger partial charge < -0.3 is 10.2 Å². The van der Waals surface area contributed by atoms with Gasteiger partial charge in [0.25, 0.3) is 0 Å². The van der Waals surface area contributed by atoms with E-state index in [1.54, 1.807) is 0 Å². The molecule has 1 N–H and O–H groups in total. The van der Waals surface area contributed by atoms with Gasteiger partial charge in [0.05, 0.1) is 0 Å². The van der Waals surface area contributed by atoms with Gasteiger partial charge in [0.15, 0.2) is 5.82 Å². The van der Waals surface area contributed by atoms with Gasteiger partial charge in [-0.3, -0.25) is 0 Å². The molecular formula is C14H19N5. The Morgan fingerprint density at radius 1 is 1.16 bits per heavy atom. The molecule has 0 saturated carbocycles. The van der Waals surface area contributed by atoms with Crippen LogP contribution in [-0.2, 0) is 7.05 Å². The fraction of sp³-hybridized carbons (Fsp3) is 0.429. The van der Waals surface area contributed by atoms with Gasteiger partial charge in [-0.15, -0.1) is 5.10 Å². The van der Waals surface area contributed by atoms with Gasteiger partial charge in [0, 0.05) is 38.8 Å². The standard InChI is InChI=1S/C14H19N5/c1-11-5-3-4-6-12(11)13-16-14(17-18(13)2)19-9-7-15-8-10-19/h3-6,15H,7-10H2,1-2H3. The summed E-state index contributed by atoms with van der Waals surface area (Å²) in [6.45, 7) is 6.04. The predicted molar refractivity (Wildman–Crippen MR) is 76.3 cm³/mol. The normalized spacial score (nSPS) is 15.8. The number of piperazine rings is 1. The van der Waals surface area contributed by atoms with Gasteiger partial charge in [-0.25, -0.2) is 4.68 Å². The quantitative estimate of drug-likeness (QED) is 0.878. The lowest BCUT2D eigenvalue weighted by atomic mass is 10.1. The minimum atomic E-state index is 0.835. The Morgan fingerprint density at radius 3 is 2.63 bits per heavy atom. The first kappa shape index (κ1) is 12.2. The molecule has 0 atom stereocenters. The number of anilines is 1. The van der Waals surface area contributed by atoms with Gasteiger partial charge >= 0.3 is 0 Å². The van der Waals surface area contributed by atoms with E-state index in [9.17, 15) is 0 Å². The van der Waals surface area contributed by atoms with Crippen LogP contribution < -0.4 is 10.2 Å². The smallest absolute Gasteiger partial charge is 0.245 e. The van der Waals surface area contributed by atoms with E-state index in [4.69, 9.17) is 4.98 Å². The van der Waals surface area contributed by atoms with Gasteiger partial charge in [0.1, 0.15) is 0 Å². The molecule has 19 heavy (non-hydrogen) atoms. The lowest BCUT2D eigenvalue weighted by Gasteiger charge is -2.25. The lowest BCUT2D eigenvalue weighted by molar-refractivity contribution is 0.578. The minimum Gasteiger partial charge on any atom is -0.337 e. The molecule has 0 unspecified atom stereocenters. The minimum absolute atomic E-state index is 0.835. The molecule has 100 valence electrons. The van der Waals surface area contributed by atoms with Crippen molar-refractivity contribution in [2.24, 2.45) is 7.05 Å². The van der Waals surface area contributed by atoms with Crippen LogP contribution >= 0.6 is 0 Å². The summed E-state index contributed by atoms with van der Waals surface area (Å²) in [5, 5.41) is 7.90. The highest BCUT2D eigenvalue weighted by Crippen LogP contribution is 2.23. The largest absolute Gasteiger partial charge is 0.337 e. The molecule has 2 heterocycles. The summed E-state index contributed by atoms with van der Waals surface area (Å²) in [5.41, 5.74) is 2.38. The Balaban J connectivity index is 1.95. The first-order valence-corrected chi connectivity index (χ1v) is 6.68. The van der Waals surface area contributed by atoms with Crippen LogP contribution in [0.2, 0.25) is 0 Å². The second kappa shape index (κ2) is 5.01. The van der Waals surface area contributed by atoms with Gasteiger partial charge in [-0.2, -0.15) is 4.98 Å². The molecule has 1 aromatic heterocycles. The second-order valence-corrected chi connectivity index (χ2v) is 4.91. The summed E-state index contributed by atoms with van der Waals surface area (Å²) >= 11 is 0. The Labute approximate surface area is 113 Å². The Morgan fingerprint density at radius 2 is 1.89 bits per heavy atom. The average Bonchev–Trinajstić information content (AvgIpc) is 2.82. The van der Waals surface area contributed by atoms with Crippen molar-refractivity contribution in [3.05, 3.63) is 29.8 Å². The van der Waals surface area contributed by atoms with Crippen molar-refractivity contribution in [2.75, 3.05) is 31.1 Å². The molecule has 0 radical (unpaired) electrons. The second-order valence-electron chi connectivity index (χ2n) is 4.91. The topological polar surface area (TPSA) is 46.0 Å². The molecule has 5 nitrogen and oxygen atoms in total. The van der Waals surface area contributed by atoms with Gasteiger partial charge in [-0.05, 0) is 12.5 Å². The van der Waals surface area contributed by atoms with Crippen LogP contribution in [0, 0.1) is 6.92 Å². The molecule has 3 rings (SSSR count). The van der Waals surface area contributed by atoms with Crippen molar-refractivity contribution < 1.29 is 0 Å². The van der Waals surface area contributed by atoms with E-state index >= 15 is 0 Å². The van der Waals surface area contributed by atoms with Crippen molar-refractivity contribution in [1.82, 2.24) is 20.1 Å². The van der Waals surface area contributed by atoms with Crippen molar-refractivity contribution in [3.8, 4) is 11.4 Å². The van der Waals surface area contributed by atoms with E-state index in [2.05, 4.69) is 34.4 Å². The maximum atomic E-state index is 4.71. The van der Waals surface area contributed by atoms with Crippen LogP contribution in [-0.4, -0.2) is 40.9 Å². The summed E-state index contributed by atoms with van der Waals surface area (Å²) in [7, 11) is 1.96. The number of aromatic nitrogens is 3. The van der Waals surface area contributed by atoms with Crippen molar-refractivity contribution in [2.45, 2.75) is 6.92 Å². The maximum absolute atomic E-state index is 4.71. The third-order valence-corrected chi connectivity index (χ3v) is 3.54. The highest BCUT2D eigenvalue weighted by molar-refractivity contribution is 5.61. The Hall–Kier alpha value is -1.88. The number of aryl methyl sites for hydroxylation is 2.